The van der Waals surface area contributed by atoms with E-state index in [9.17, 15) is 28.8 Å². The van der Waals surface area contributed by atoms with Crippen LogP contribution in [0.2, 0.25) is 0 Å². The number of hydrogen-bond donors (Lipinski definition) is 0. The molecule has 27 heteroatoms. The number of fused-ring (bicyclic) bond motifs is 1. The minimum Gasteiger partial charge on any atom is -0.325 e. The Balaban J connectivity index is 0.000000293. The van der Waals surface area contributed by atoms with Crippen molar-refractivity contribution in [1.82, 2.24) is 103 Å². The van der Waals surface area contributed by atoms with Crippen molar-refractivity contribution >= 4 is 36.2 Å². The molecule has 8 saturated heterocycles. The van der Waals surface area contributed by atoms with Gasteiger partial charge in [-0.05, 0) is 224 Å². The zero-order chi connectivity index (χ0) is 87.7. The van der Waals surface area contributed by atoms with Gasteiger partial charge in [0.05, 0.1) is 5.54 Å². The summed E-state index contributed by atoms with van der Waals surface area (Å²) in [6.45, 7) is 80.7. The normalized spacial score (nSPS) is 21.4. The van der Waals surface area contributed by atoms with E-state index in [4.69, 9.17) is 0 Å². The third-order valence-electron chi connectivity index (χ3n) is 27.1. The Morgan fingerprint density at radius 2 is 0.741 bits per heavy atom. The Labute approximate surface area is 711 Å². The fourth-order valence-corrected chi connectivity index (χ4v) is 16.0. The molecule has 3 atom stereocenters. The van der Waals surface area contributed by atoms with E-state index in [1.54, 1.807) is 0 Å². The van der Waals surface area contributed by atoms with Crippen LogP contribution in [-0.2, 0) is 0 Å². The van der Waals surface area contributed by atoms with Gasteiger partial charge in [-0.25, -0.2) is 28.8 Å². The Kier molecular flexibility index (Phi) is 44.1. The molecule has 0 radical (unpaired) electrons. The highest BCUT2D eigenvalue weighted by molar-refractivity contribution is 5.77. The monoisotopic (exact) mass is 1640 g/mol. The molecule has 12 amide bonds. The summed E-state index contributed by atoms with van der Waals surface area (Å²) >= 11 is 0. The fourth-order valence-electron chi connectivity index (χ4n) is 16.0. The minimum atomic E-state index is 0.143. The van der Waals surface area contributed by atoms with Crippen molar-refractivity contribution in [2.24, 2.45) is 5.92 Å². The third-order valence-corrected chi connectivity index (χ3v) is 27.1. The largest absolute Gasteiger partial charge is 0.325 e. The maximum absolute atomic E-state index is 12.5. The fraction of sp³-hybridized carbons (Fsp3) is 0.933. The van der Waals surface area contributed by atoms with Gasteiger partial charge in [-0.15, -0.1) is 0 Å². The Bertz CT molecular complexity index is 2820. The standard InChI is InChI=1S/C16H34N4O.C15H30N4O.C15H32N4O.C15H31N3O.2C14H27N3O/c1-13(2)17(6)8-9-19-10-11-20(12-15(19)5)16(21)18(7)14(3)4;1-12(2)16(5)15(20)18-8-6-17(7-9-18)14-10-19(11-14)13(3)4;1-13(2)16(5)7-8-18-9-11-19(12-10-18)15(20)17(6)14(3)4;1-13(2)7-6-8-17-9-11-18(12-10-17)15(19)16(5)14(3)4;1-10(2)15(5)14(18)17-9-8-16(11(3)4)12-6-7-13(12)17;1-11(2)15(5)13(18)17-8-6-7-14(17)9-16(10-14)12(3)4/h13-15H,8-12H2,1-7H3;12-14H,6-11H2,1-5H3;13-14H,7-12H2,1-6H3;13-14H,6-12H2,1-5H3;10-13H,6-9H2,1-5H3;11-12H,6-10H2,1-5H3. The highest BCUT2D eigenvalue weighted by Crippen LogP contribution is 2.40. The Morgan fingerprint density at radius 1 is 0.362 bits per heavy atom. The van der Waals surface area contributed by atoms with Gasteiger partial charge in [0, 0.05) is 303 Å². The van der Waals surface area contributed by atoms with Gasteiger partial charge in [-0.2, -0.15) is 0 Å². The van der Waals surface area contributed by atoms with E-state index in [-0.39, 0.29) is 78.0 Å². The number of nitrogens with zero attached hydrogens (tertiary/aromatic N) is 21. The summed E-state index contributed by atoms with van der Waals surface area (Å²) in [7, 11) is 15.7. The van der Waals surface area contributed by atoms with Gasteiger partial charge >= 0.3 is 36.2 Å². The zero-order valence-corrected chi connectivity index (χ0v) is 80.9. The zero-order valence-electron chi connectivity index (χ0n) is 80.9. The van der Waals surface area contributed by atoms with Crippen LogP contribution in [0.1, 0.15) is 212 Å². The van der Waals surface area contributed by atoms with Gasteiger partial charge in [0.25, 0.3) is 0 Å². The van der Waals surface area contributed by atoms with Crippen LogP contribution in [0.4, 0.5) is 28.8 Å². The molecular formula is C89H181N21O6. The van der Waals surface area contributed by atoms with E-state index in [0.29, 0.717) is 54.4 Å². The number of urea groups is 6. The summed E-state index contributed by atoms with van der Waals surface area (Å²) in [6, 6.07) is 7.95. The lowest BCUT2D eigenvalue weighted by atomic mass is 9.81. The topological polar surface area (TPSA) is 170 Å². The predicted molar refractivity (Wildman–Crippen MR) is 482 cm³/mol. The summed E-state index contributed by atoms with van der Waals surface area (Å²) < 4.78 is 0. The van der Waals surface area contributed by atoms with Crippen LogP contribution in [0.25, 0.3) is 0 Å². The molecule has 9 fully saturated rings. The van der Waals surface area contributed by atoms with Crippen LogP contribution in [0, 0.1) is 5.92 Å². The van der Waals surface area contributed by atoms with Crippen LogP contribution in [0.15, 0.2) is 0 Å². The van der Waals surface area contributed by atoms with Crippen LogP contribution >= 0.6 is 0 Å². The average molecular weight is 1640 g/mol. The summed E-state index contributed by atoms with van der Waals surface area (Å²) in [5, 5.41) is 0. The lowest BCUT2D eigenvalue weighted by Crippen LogP contribution is -2.71. The van der Waals surface area contributed by atoms with Gasteiger partial charge in [0.2, 0.25) is 0 Å². The highest BCUT2D eigenvalue weighted by Gasteiger charge is 2.53. The van der Waals surface area contributed by atoms with E-state index in [2.05, 4.69) is 241 Å². The Morgan fingerprint density at radius 3 is 1.12 bits per heavy atom. The predicted octanol–water partition coefficient (Wildman–Crippen LogP) is 10.9. The van der Waals surface area contributed by atoms with E-state index in [1.807, 2.05) is 91.3 Å². The van der Waals surface area contributed by atoms with Gasteiger partial charge in [0.15, 0.2) is 0 Å². The molecule has 0 aromatic heterocycles. The van der Waals surface area contributed by atoms with E-state index in [0.717, 1.165) is 169 Å². The lowest BCUT2D eigenvalue weighted by molar-refractivity contribution is -0.0389. The maximum atomic E-state index is 12.5. The molecular weight excluding hydrogens is 1460 g/mol. The smallest absolute Gasteiger partial charge is 0.320 e. The average Bonchev–Trinajstić information content (AvgIpc) is 1.55. The van der Waals surface area contributed by atoms with Crippen LogP contribution in [-0.4, -0.2) is 468 Å². The first-order valence-corrected chi connectivity index (χ1v) is 45.9. The van der Waals surface area contributed by atoms with Crippen molar-refractivity contribution in [2.45, 2.75) is 308 Å². The van der Waals surface area contributed by atoms with Gasteiger partial charge < -0.3 is 68.6 Å². The number of rotatable bonds is 22. The molecule has 1 spiro atoms. The molecule has 0 aromatic carbocycles. The number of likely N-dealkylation sites (N-methyl/N-ethyl adjacent to an activating group) is 2. The number of piperazine rings is 5. The first-order valence-electron chi connectivity index (χ1n) is 45.9. The van der Waals surface area contributed by atoms with Gasteiger partial charge in [-0.1, -0.05) is 13.8 Å². The van der Waals surface area contributed by atoms with Gasteiger partial charge in [-0.3, -0.25) is 34.3 Å². The second kappa shape index (κ2) is 49.4. The van der Waals surface area contributed by atoms with Crippen LogP contribution in [0.3, 0.4) is 0 Å². The summed E-state index contributed by atoms with van der Waals surface area (Å²) in [4.78, 5) is 119. The number of likely N-dealkylation sites (tertiary alicyclic amines) is 3. The van der Waals surface area contributed by atoms with E-state index >= 15 is 0 Å². The van der Waals surface area contributed by atoms with Crippen molar-refractivity contribution < 1.29 is 28.8 Å². The SMILES string of the molecule is CC(C)CCCN1CCN(C(=O)N(C)C(C)C)CC1.CC(C)N(C)C(=O)N1CCN(C(C)C)C2CCC21.CC(C)N(C)CCN1CCN(C(=O)N(C)C(C)C)CC1.CC(C)N(C)CCN1CCN(C(=O)N(C)C(C)C)CC1C.CC(C)N1CC(N2CCN(C(=O)N(C)C(C)C)CC2)C1.CC(C)N1CC2(CCCN2C(=O)N(C)C(C)C)C1. The number of carbonyl (C=O) groups excluding carboxylic acids is 6. The molecule has 27 nitrogen and oxygen atoms in total. The van der Waals surface area contributed by atoms with Crippen molar-refractivity contribution in [2.75, 3.05) is 233 Å². The number of carbonyl (C=O) groups is 6. The first-order chi connectivity index (χ1) is 54.2. The molecule has 0 N–H and O–H groups in total. The second-order valence-corrected chi connectivity index (χ2v) is 39.0. The van der Waals surface area contributed by atoms with E-state index < -0.39 is 0 Å². The third kappa shape index (κ3) is 31.0. The van der Waals surface area contributed by atoms with Gasteiger partial charge in [0.1, 0.15) is 0 Å². The van der Waals surface area contributed by atoms with Crippen molar-refractivity contribution in [3.8, 4) is 0 Å². The molecule has 1 aliphatic carbocycles. The minimum absolute atomic E-state index is 0.143. The molecule has 8 aliphatic heterocycles. The summed E-state index contributed by atoms with van der Waals surface area (Å²) in [5.41, 5.74) is 0.143. The quantitative estimate of drug-likeness (QED) is 0.100. The molecule has 0 aromatic rings. The molecule has 1 saturated carbocycles. The van der Waals surface area contributed by atoms with Crippen molar-refractivity contribution in [3.05, 3.63) is 0 Å². The van der Waals surface area contributed by atoms with E-state index in [1.165, 1.54) is 51.7 Å². The Hall–Kier alpha value is -4.74. The molecule has 116 heavy (non-hydrogen) atoms. The molecule has 9 rings (SSSR count). The summed E-state index contributed by atoms with van der Waals surface area (Å²) in [5.74, 6) is 0.794. The lowest BCUT2D eigenvalue weighted by Gasteiger charge is -2.55. The molecule has 678 valence electrons. The highest BCUT2D eigenvalue weighted by atomic mass is 16.2. The molecule has 0 bridgehead atoms. The van der Waals surface area contributed by atoms with Crippen LogP contribution in [0.5, 0.6) is 0 Å². The van der Waals surface area contributed by atoms with Crippen LogP contribution < -0.4 is 0 Å². The first kappa shape index (κ1) is 104. The molecule has 8 heterocycles. The molecule has 3 unspecified atom stereocenters. The maximum Gasteiger partial charge on any atom is 0.320 e. The van der Waals surface area contributed by atoms with Crippen molar-refractivity contribution in [1.29, 1.82) is 0 Å². The van der Waals surface area contributed by atoms with Crippen molar-refractivity contribution in [3.63, 3.8) is 0 Å². The number of amides is 12. The molecule has 9 aliphatic rings. The summed E-state index contributed by atoms with van der Waals surface area (Å²) in [6.07, 6.45) is 7.33. The second-order valence-electron chi connectivity index (χ2n) is 39.0. The number of hydrogen-bond acceptors (Lipinski definition) is 15.